The van der Waals surface area contributed by atoms with Crippen LogP contribution in [0.15, 0.2) is 24.3 Å². The Morgan fingerprint density at radius 3 is 2.32 bits per heavy atom. The largest absolute Gasteiger partial charge is 0.483 e. The third-order valence-electron chi connectivity index (χ3n) is 6.37. The molecule has 6 heteroatoms. The van der Waals surface area contributed by atoms with Gasteiger partial charge in [-0.1, -0.05) is 37.0 Å². The van der Waals surface area contributed by atoms with Crippen LogP contribution < -0.4 is 4.90 Å². The number of nitrogens with zero attached hydrogens (tertiary/aromatic N) is 2. The molecule has 1 atom stereocenters. The van der Waals surface area contributed by atoms with E-state index >= 15 is 0 Å². The number of piperazine rings is 1. The van der Waals surface area contributed by atoms with Gasteiger partial charge in [0.1, 0.15) is 6.10 Å². The zero-order valence-electron chi connectivity index (χ0n) is 16.8. The summed E-state index contributed by atoms with van der Waals surface area (Å²) in [4.78, 5) is 25.7. The summed E-state index contributed by atoms with van der Waals surface area (Å²) in [7, 11) is 0. The van der Waals surface area contributed by atoms with Crippen LogP contribution in [0.1, 0.15) is 44.1 Å². The summed E-state index contributed by atoms with van der Waals surface area (Å²) in [6, 6.07) is 8.81. The minimum atomic E-state index is -0.250. The number of ether oxygens (including phenoxy) is 1. The fraction of sp³-hybridized carbons (Fsp3) is 0.636. The Morgan fingerprint density at radius 1 is 1.11 bits per heavy atom. The third kappa shape index (κ3) is 4.85. The summed E-state index contributed by atoms with van der Waals surface area (Å²) >= 11 is 0. The summed E-state index contributed by atoms with van der Waals surface area (Å²) in [6.07, 6.45) is 6.81. The van der Waals surface area contributed by atoms with Gasteiger partial charge in [0, 0.05) is 44.8 Å². The average molecular weight is 389 g/mol. The molecule has 154 valence electrons. The zero-order chi connectivity index (χ0) is 20.0. The maximum Gasteiger partial charge on any atom is 0.312 e. The van der Waals surface area contributed by atoms with E-state index in [1.54, 1.807) is 0 Å². The lowest BCUT2D eigenvalue weighted by Crippen LogP contribution is -2.48. The van der Waals surface area contributed by atoms with E-state index in [4.69, 9.17) is 14.6 Å². The van der Waals surface area contributed by atoms with E-state index in [0.717, 1.165) is 52.0 Å². The van der Waals surface area contributed by atoms with Gasteiger partial charge in [0.15, 0.2) is 0 Å². The molecule has 28 heavy (non-hydrogen) atoms. The maximum atomic E-state index is 12.4. The average Bonchev–Trinajstić information content (AvgIpc) is 2.98. The molecule has 3 aliphatic rings. The molecule has 1 saturated carbocycles. The number of hydrogen-bond acceptors (Lipinski definition) is 5. The first kappa shape index (κ1) is 20.6. The van der Waals surface area contributed by atoms with Crippen molar-refractivity contribution < 1.29 is 19.4 Å². The van der Waals surface area contributed by atoms with Crippen molar-refractivity contribution in [2.45, 2.75) is 51.6 Å². The second-order valence-electron chi connectivity index (χ2n) is 8.30. The first-order chi connectivity index (χ1) is 13.6. The summed E-state index contributed by atoms with van der Waals surface area (Å²) in [5.74, 6) is 0.0930. The smallest absolute Gasteiger partial charge is 0.312 e. The molecule has 6 nitrogen and oxygen atoms in total. The topological polar surface area (TPSA) is 70.1 Å². The van der Waals surface area contributed by atoms with E-state index < -0.39 is 0 Å². The number of rotatable bonds is 3. The van der Waals surface area contributed by atoms with Gasteiger partial charge in [0.2, 0.25) is 0 Å². The van der Waals surface area contributed by atoms with Crippen LogP contribution in [0, 0.1) is 12.3 Å². The van der Waals surface area contributed by atoms with Gasteiger partial charge in [-0.3, -0.25) is 14.5 Å². The number of carbonyl (C=O) groups excluding carboxylic acids is 1. The predicted molar refractivity (Wildman–Crippen MR) is 109 cm³/mol. The van der Waals surface area contributed by atoms with Crippen LogP contribution in [0.25, 0.3) is 0 Å². The van der Waals surface area contributed by atoms with E-state index in [2.05, 4.69) is 41.0 Å². The van der Waals surface area contributed by atoms with Crippen molar-refractivity contribution in [2.24, 2.45) is 5.41 Å². The Kier molecular flexibility index (Phi) is 6.94. The Balaban J connectivity index is 0.000000706. The molecule has 1 aromatic rings. The van der Waals surface area contributed by atoms with E-state index in [0.29, 0.717) is 0 Å². The van der Waals surface area contributed by atoms with Crippen molar-refractivity contribution >= 4 is 18.1 Å². The highest BCUT2D eigenvalue weighted by Gasteiger charge is 2.49. The molecule has 3 fully saturated rings. The molecule has 0 radical (unpaired) electrons. The van der Waals surface area contributed by atoms with E-state index in [9.17, 15) is 4.79 Å². The Bertz CT molecular complexity index is 647. The number of hydrogen-bond donors (Lipinski definition) is 1. The van der Waals surface area contributed by atoms with Crippen LogP contribution >= 0.6 is 0 Å². The molecule has 1 aromatic carbocycles. The lowest BCUT2D eigenvalue weighted by Gasteiger charge is -2.37. The van der Waals surface area contributed by atoms with Gasteiger partial charge in [0.25, 0.3) is 6.47 Å². The molecule has 4 rings (SSSR count). The van der Waals surface area contributed by atoms with Crippen LogP contribution in [-0.4, -0.2) is 61.3 Å². The Hall–Kier alpha value is -2.08. The van der Waals surface area contributed by atoms with Gasteiger partial charge in [-0.15, -0.1) is 0 Å². The van der Waals surface area contributed by atoms with Crippen molar-refractivity contribution in [3.8, 4) is 0 Å². The van der Waals surface area contributed by atoms with Crippen LogP contribution in [0.3, 0.4) is 0 Å². The summed E-state index contributed by atoms with van der Waals surface area (Å²) in [5, 5.41) is 6.89. The normalized spacial score (nSPS) is 24.4. The molecule has 2 aliphatic heterocycles. The number of cyclic esters (lactones) is 1. The van der Waals surface area contributed by atoms with Gasteiger partial charge >= 0.3 is 5.97 Å². The molecule has 2 heterocycles. The minimum Gasteiger partial charge on any atom is -0.483 e. The van der Waals surface area contributed by atoms with E-state index in [1.807, 2.05) is 0 Å². The first-order valence-electron chi connectivity index (χ1n) is 10.4. The molecule has 0 amide bonds. The highest BCUT2D eigenvalue weighted by atomic mass is 16.6. The van der Waals surface area contributed by atoms with Crippen molar-refractivity contribution in [1.29, 1.82) is 0 Å². The molecular formula is C22H32N2O4. The molecular weight excluding hydrogens is 356 g/mol. The van der Waals surface area contributed by atoms with Gasteiger partial charge in [-0.25, -0.2) is 0 Å². The van der Waals surface area contributed by atoms with Gasteiger partial charge in [0.05, 0.1) is 5.41 Å². The molecule has 1 unspecified atom stereocenters. The minimum absolute atomic E-state index is 0.0930. The predicted octanol–water partition coefficient (Wildman–Crippen LogP) is 3.08. The lowest BCUT2D eigenvalue weighted by atomic mass is 9.72. The van der Waals surface area contributed by atoms with Crippen molar-refractivity contribution in [3.05, 3.63) is 29.8 Å². The standard InChI is InChI=1S/C21H30N2O2.CH2O2/c1-17-5-7-18(8-6-17)23-13-11-22(12-14-23)16-19-15-21(20(24)25-19)9-3-2-4-10-21;2-1-3/h5-8,19H,2-4,9-16H2,1H3;1H,(H,2,3). The van der Waals surface area contributed by atoms with Crippen LogP contribution in [0.5, 0.6) is 0 Å². The highest BCUT2D eigenvalue weighted by Crippen LogP contribution is 2.46. The number of esters is 1. The second kappa shape index (κ2) is 9.41. The van der Waals surface area contributed by atoms with Crippen molar-refractivity contribution in [1.82, 2.24) is 4.90 Å². The quantitative estimate of drug-likeness (QED) is 0.634. The molecule has 2 saturated heterocycles. The highest BCUT2D eigenvalue weighted by molar-refractivity contribution is 5.79. The monoisotopic (exact) mass is 388 g/mol. The number of carboxylic acid groups (broad SMARTS) is 1. The first-order valence-corrected chi connectivity index (χ1v) is 10.4. The van der Waals surface area contributed by atoms with Crippen LogP contribution in [-0.2, 0) is 14.3 Å². The fourth-order valence-electron chi connectivity index (χ4n) is 4.81. The summed E-state index contributed by atoms with van der Waals surface area (Å²) in [6.45, 7) is 6.99. The molecule has 1 N–H and O–H groups in total. The van der Waals surface area contributed by atoms with E-state index in [1.165, 1.54) is 30.5 Å². The number of anilines is 1. The van der Waals surface area contributed by atoms with Crippen molar-refractivity contribution in [3.63, 3.8) is 0 Å². The molecule has 0 bridgehead atoms. The van der Waals surface area contributed by atoms with Gasteiger partial charge in [-0.05, 0) is 31.9 Å². The summed E-state index contributed by atoms with van der Waals surface area (Å²) in [5.41, 5.74) is 2.49. The summed E-state index contributed by atoms with van der Waals surface area (Å²) < 4.78 is 5.79. The maximum absolute atomic E-state index is 12.4. The van der Waals surface area contributed by atoms with Crippen LogP contribution in [0.2, 0.25) is 0 Å². The number of aryl methyl sites for hydroxylation is 1. The zero-order valence-corrected chi connectivity index (χ0v) is 16.8. The number of benzene rings is 1. The van der Waals surface area contributed by atoms with Gasteiger partial charge < -0.3 is 14.7 Å². The van der Waals surface area contributed by atoms with Crippen molar-refractivity contribution in [2.75, 3.05) is 37.6 Å². The SMILES string of the molecule is Cc1ccc(N2CCN(CC3CC4(CCCCC4)C(=O)O3)CC2)cc1.O=CO. The molecule has 1 spiro atoms. The third-order valence-corrected chi connectivity index (χ3v) is 6.37. The fourth-order valence-corrected chi connectivity index (χ4v) is 4.81. The number of carbonyl (C=O) groups is 2. The molecule has 1 aliphatic carbocycles. The molecule has 0 aromatic heterocycles. The van der Waals surface area contributed by atoms with E-state index in [-0.39, 0.29) is 24.0 Å². The Morgan fingerprint density at radius 2 is 1.71 bits per heavy atom. The Labute approximate surface area is 167 Å². The second-order valence-corrected chi connectivity index (χ2v) is 8.30. The lowest BCUT2D eigenvalue weighted by molar-refractivity contribution is -0.150. The van der Waals surface area contributed by atoms with Gasteiger partial charge in [-0.2, -0.15) is 0 Å². The van der Waals surface area contributed by atoms with Crippen LogP contribution in [0.4, 0.5) is 5.69 Å².